The number of aromatic nitrogens is 2. The number of imidazole rings is 1. The van der Waals surface area contributed by atoms with Crippen LogP contribution in [0.15, 0.2) is 12.4 Å². The van der Waals surface area contributed by atoms with Gasteiger partial charge in [0.1, 0.15) is 5.82 Å². The second-order valence-corrected chi connectivity index (χ2v) is 3.28. The molecule has 0 aliphatic heterocycles. The summed E-state index contributed by atoms with van der Waals surface area (Å²) in [7, 11) is 0. The summed E-state index contributed by atoms with van der Waals surface area (Å²) in [4.78, 5) is 6.70. The Kier molecular flexibility index (Phi) is 8.91. The van der Waals surface area contributed by atoms with Crippen molar-refractivity contribution in [1.82, 2.24) is 9.97 Å². The van der Waals surface area contributed by atoms with Crippen LogP contribution in [0.25, 0.3) is 0 Å². The van der Waals surface area contributed by atoms with Crippen LogP contribution in [0.4, 0.5) is 0 Å². The van der Waals surface area contributed by atoms with Crippen molar-refractivity contribution < 1.29 is 20.4 Å². The van der Waals surface area contributed by atoms with E-state index < -0.39 is 12.2 Å². The molecule has 0 spiro atoms. The van der Waals surface area contributed by atoms with Crippen molar-refractivity contribution >= 4 is 0 Å². The Morgan fingerprint density at radius 2 is 1.94 bits per heavy atom. The molecular weight excluding hydrogens is 226 g/mol. The van der Waals surface area contributed by atoms with E-state index in [0.29, 0.717) is 12.2 Å². The molecule has 17 heavy (non-hydrogen) atoms. The summed E-state index contributed by atoms with van der Waals surface area (Å²) in [6.07, 6.45) is 2.12. The maximum absolute atomic E-state index is 8.92. The predicted octanol–water partition coefficient (Wildman–Crippen LogP) is -1.44. The molecule has 0 amide bonds. The van der Waals surface area contributed by atoms with Gasteiger partial charge in [0, 0.05) is 18.8 Å². The smallest absolute Gasteiger partial charge is 0.108 e. The zero-order chi connectivity index (χ0) is 13.1. The first-order valence-electron chi connectivity index (χ1n) is 5.07. The molecule has 0 aliphatic rings. The average molecular weight is 243 g/mol. The second kappa shape index (κ2) is 9.74. The minimum Gasteiger partial charge on any atom is -0.394 e. The van der Waals surface area contributed by atoms with Crippen molar-refractivity contribution in [3.8, 4) is 6.07 Å². The van der Waals surface area contributed by atoms with E-state index in [1.165, 1.54) is 0 Å². The third kappa shape index (κ3) is 8.36. The number of H-pyrrole nitrogens is 1. The van der Waals surface area contributed by atoms with Crippen molar-refractivity contribution in [2.75, 3.05) is 13.2 Å². The van der Waals surface area contributed by atoms with Crippen LogP contribution in [0.5, 0.6) is 0 Å². The average Bonchev–Trinajstić information content (AvgIpc) is 2.82. The summed E-state index contributed by atoms with van der Waals surface area (Å²) in [6, 6.07) is 1.71. The number of hydrogen-bond acceptors (Lipinski definition) is 6. The quantitative estimate of drug-likeness (QED) is 0.430. The fourth-order valence-corrected chi connectivity index (χ4v) is 0.867. The largest absolute Gasteiger partial charge is 0.394 e. The maximum atomic E-state index is 8.92. The molecular formula is C10H17N3O4. The van der Waals surface area contributed by atoms with Gasteiger partial charge in [0.15, 0.2) is 0 Å². The highest BCUT2D eigenvalue weighted by Gasteiger charge is 2.03. The van der Waals surface area contributed by atoms with Crippen LogP contribution in [0.1, 0.15) is 12.2 Å². The van der Waals surface area contributed by atoms with Gasteiger partial charge in [-0.3, -0.25) is 0 Å². The number of nitrogens with one attached hydrogen (secondary N) is 1. The molecule has 0 saturated heterocycles. The number of aliphatic hydroxyl groups is 4. The summed E-state index contributed by atoms with van der Waals surface area (Å²) in [5.41, 5.74) is 0. The summed E-state index contributed by atoms with van der Waals surface area (Å²) in [5.74, 6) is 0.696. The van der Waals surface area contributed by atoms with Crippen molar-refractivity contribution in [3.05, 3.63) is 18.2 Å². The lowest BCUT2D eigenvalue weighted by Crippen LogP contribution is -2.15. The van der Waals surface area contributed by atoms with Crippen LogP contribution in [-0.4, -0.2) is 55.8 Å². The lowest BCUT2D eigenvalue weighted by atomic mass is 10.2. The number of hydrogen-bond donors (Lipinski definition) is 5. The van der Waals surface area contributed by atoms with Gasteiger partial charge in [-0.05, 0) is 0 Å². The van der Waals surface area contributed by atoms with Crippen LogP contribution in [0, 0.1) is 11.3 Å². The van der Waals surface area contributed by atoms with Gasteiger partial charge in [-0.1, -0.05) is 0 Å². The molecule has 0 bridgehead atoms. The Labute approximate surface area is 99.0 Å². The molecule has 2 atom stereocenters. The van der Waals surface area contributed by atoms with Crippen molar-refractivity contribution in [2.24, 2.45) is 0 Å². The molecule has 1 aromatic heterocycles. The molecule has 1 heterocycles. The Hall–Kier alpha value is -1.46. The molecule has 0 aliphatic carbocycles. The van der Waals surface area contributed by atoms with Gasteiger partial charge >= 0.3 is 0 Å². The molecule has 7 heteroatoms. The topological polar surface area (TPSA) is 133 Å². The van der Waals surface area contributed by atoms with Gasteiger partial charge in [0.2, 0.25) is 0 Å². The summed E-state index contributed by atoms with van der Waals surface area (Å²) < 4.78 is 0. The number of nitrogens with zero attached hydrogens (tertiary/aromatic N) is 2. The van der Waals surface area contributed by atoms with Gasteiger partial charge < -0.3 is 25.4 Å². The van der Waals surface area contributed by atoms with Gasteiger partial charge in [-0.2, -0.15) is 5.26 Å². The lowest BCUT2D eigenvalue weighted by molar-refractivity contribution is 0.0940. The first kappa shape index (κ1) is 15.5. The lowest BCUT2D eigenvalue weighted by Gasteiger charge is -2.02. The van der Waals surface area contributed by atoms with Crippen molar-refractivity contribution in [1.29, 1.82) is 5.26 Å². The van der Waals surface area contributed by atoms with E-state index in [1.54, 1.807) is 18.5 Å². The zero-order valence-electron chi connectivity index (χ0n) is 9.32. The summed E-state index contributed by atoms with van der Waals surface area (Å²) >= 11 is 0. The Morgan fingerprint density at radius 3 is 2.29 bits per heavy atom. The third-order valence-corrected chi connectivity index (χ3v) is 1.73. The molecule has 2 unspecified atom stereocenters. The molecule has 0 fully saturated rings. The number of aliphatic hydroxyl groups excluding tert-OH is 4. The predicted molar refractivity (Wildman–Crippen MR) is 58.7 cm³/mol. The van der Waals surface area contributed by atoms with Crippen LogP contribution in [0.2, 0.25) is 0 Å². The second-order valence-electron chi connectivity index (χ2n) is 3.28. The molecule has 5 N–H and O–H groups in total. The fraction of sp³-hybridized carbons (Fsp3) is 0.600. The highest BCUT2D eigenvalue weighted by atomic mass is 16.3. The van der Waals surface area contributed by atoms with Crippen LogP contribution in [0.3, 0.4) is 0 Å². The molecule has 0 radical (unpaired) electrons. The van der Waals surface area contributed by atoms with Crippen molar-refractivity contribution in [3.63, 3.8) is 0 Å². The van der Waals surface area contributed by atoms with E-state index in [1.807, 2.05) is 0 Å². The first-order chi connectivity index (χ1) is 8.13. The Bertz CT molecular complexity index is 310. The Balaban J connectivity index is 0.000000325. The highest BCUT2D eigenvalue weighted by Crippen LogP contribution is 1.94. The van der Waals surface area contributed by atoms with E-state index in [-0.39, 0.29) is 19.6 Å². The fourth-order valence-electron chi connectivity index (χ4n) is 0.867. The number of rotatable bonds is 5. The summed E-state index contributed by atoms with van der Waals surface area (Å²) in [5, 5.41) is 41.7. The molecule has 96 valence electrons. The summed E-state index contributed by atoms with van der Waals surface area (Å²) in [6.45, 7) is -0.547. The molecule has 1 rings (SSSR count). The van der Waals surface area contributed by atoms with E-state index in [0.717, 1.165) is 0 Å². The van der Waals surface area contributed by atoms with Crippen LogP contribution in [-0.2, 0) is 6.42 Å². The maximum Gasteiger partial charge on any atom is 0.108 e. The standard InChI is InChI=1S/C6H10N2O2.C4H7NO2/c9-4-5(10)3-6-7-1-2-8-6;5-2-1-4(7)3-6/h1-2,5,9-10H,3-4H2,(H,7,8);4,6-7H,1,3H2. The van der Waals surface area contributed by atoms with E-state index >= 15 is 0 Å². The molecule has 7 nitrogen and oxygen atoms in total. The van der Waals surface area contributed by atoms with Gasteiger partial charge in [-0.15, -0.1) is 0 Å². The van der Waals surface area contributed by atoms with Gasteiger partial charge in [0.05, 0.1) is 37.9 Å². The number of nitriles is 1. The highest BCUT2D eigenvalue weighted by molar-refractivity contribution is 4.88. The normalized spacial score (nSPS) is 13.1. The first-order valence-corrected chi connectivity index (χ1v) is 5.07. The monoisotopic (exact) mass is 243 g/mol. The van der Waals surface area contributed by atoms with E-state index in [9.17, 15) is 0 Å². The Morgan fingerprint density at radius 1 is 1.29 bits per heavy atom. The third-order valence-electron chi connectivity index (χ3n) is 1.73. The number of aromatic amines is 1. The molecule has 1 aromatic rings. The van der Waals surface area contributed by atoms with Crippen LogP contribution >= 0.6 is 0 Å². The van der Waals surface area contributed by atoms with Gasteiger partial charge in [0.25, 0.3) is 0 Å². The molecule has 0 aromatic carbocycles. The van der Waals surface area contributed by atoms with E-state index in [2.05, 4.69) is 9.97 Å². The SMILES string of the molecule is N#CCC(O)CO.OCC(O)Cc1ncc[nH]1. The van der Waals surface area contributed by atoms with Crippen molar-refractivity contribution in [2.45, 2.75) is 25.0 Å². The zero-order valence-corrected chi connectivity index (χ0v) is 9.32. The van der Waals surface area contributed by atoms with E-state index in [4.69, 9.17) is 25.7 Å². The van der Waals surface area contributed by atoms with Crippen LogP contribution < -0.4 is 0 Å². The van der Waals surface area contributed by atoms with Gasteiger partial charge in [-0.25, -0.2) is 4.98 Å². The molecule has 0 saturated carbocycles. The minimum absolute atomic E-state index is 0.0104. The minimum atomic E-state index is -0.856.